The highest BCUT2D eigenvalue weighted by molar-refractivity contribution is 5.91. The van der Waals surface area contributed by atoms with Crippen molar-refractivity contribution in [2.75, 3.05) is 6.54 Å². The van der Waals surface area contributed by atoms with Crippen molar-refractivity contribution in [2.45, 2.75) is 39.0 Å². The second-order valence-electron chi connectivity index (χ2n) is 6.31. The van der Waals surface area contributed by atoms with Crippen LogP contribution in [0.5, 0.6) is 0 Å². The number of rotatable bonds is 3. The molecule has 2 rings (SSSR count). The monoisotopic (exact) mass is 249 g/mol. The molecule has 0 aromatic heterocycles. The van der Waals surface area contributed by atoms with Crippen molar-refractivity contribution < 1.29 is 9.18 Å². The lowest BCUT2D eigenvalue weighted by Gasteiger charge is -2.22. The first kappa shape index (κ1) is 13.1. The third-order valence-electron chi connectivity index (χ3n) is 3.35. The minimum Gasteiger partial charge on any atom is -0.355 e. The van der Waals surface area contributed by atoms with Crippen LogP contribution < -0.4 is 5.32 Å². The summed E-state index contributed by atoms with van der Waals surface area (Å²) in [5.74, 6) is -0.316. The van der Waals surface area contributed by atoms with Crippen LogP contribution in [0.3, 0.4) is 0 Å². The molecule has 0 saturated heterocycles. The van der Waals surface area contributed by atoms with E-state index in [9.17, 15) is 9.18 Å². The van der Waals surface area contributed by atoms with Gasteiger partial charge in [-0.15, -0.1) is 0 Å². The van der Waals surface area contributed by atoms with Gasteiger partial charge in [-0.3, -0.25) is 4.79 Å². The van der Waals surface area contributed by atoms with E-state index in [2.05, 4.69) is 26.1 Å². The number of carbonyl (C=O) groups excluding carboxylic acids is 1. The van der Waals surface area contributed by atoms with Gasteiger partial charge in [0, 0.05) is 12.1 Å². The Labute approximate surface area is 108 Å². The van der Waals surface area contributed by atoms with Crippen LogP contribution in [0.4, 0.5) is 4.39 Å². The summed E-state index contributed by atoms with van der Waals surface area (Å²) in [6, 6.07) is 6.59. The van der Waals surface area contributed by atoms with E-state index < -0.39 is 5.41 Å². The molecule has 1 aliphatic carbocycles. The van der Waals surface area contributed by atoms with Gasteiger partial charge in [0.05, 0.1) is 5.41 Å². The molecule has 1 fully saturated rings. The molecule has 1 saturated carbocycles. The molecule has 0 atom stereocenters. The molecule has 98 valence electrons. The molecule has 0 unspecified atom stereocenters. The third kappa shape index (κ3) is 2.55. The van der Waals surface area contributed by atoms with Gasteiger partial charge in [-0.1, -0.05) is 39.0 Å². The van der Waals surface area contributed by atoms with Crippen molar-refractivity contribution in [3.8, 4) is 0 Å². The highest BCUT2D eigenvalue weighted by atomic mass is 19.1. The molecule has 1 amide bonds. The largest absolute Gasteiger partial charge is 0.355 e. The van der Waals surface area contributed by atoms with Crippen molar-refractivity contribution in [2.24, 2.45) is 5.41 Å². The number of nitrogens with one attached hydrogen (secondary N) is 1. The fourth-order valence-electron chi connectivity index (χ4n) is 2.11. The Bertz CT molecular complexity index is 458. The number of hydrogen-bond acceptors (Lipinski definition) is 1. The summed E-state index contributed by atoms with van der Waals surface area (Å²) in [7, 11) is 0. The topological polar surface area (TPSA) is 29.1 Å². The molecule has 3 heteroatoms. The Balaban J connectivity index is 2.13. The van der Waals surface area contributed by atoms with Gasteiger partial charge in [0.25, 0.3) is 0 Å². The number of carbonyl (C=O) groups is 1. The van der Waals surface area contributed by atoms with Crippen LogP contribution in [0.25, 0.3) is 0 Å². The fraction of sp³-hybridized carbons (Fsp3) is 0.533. The average molecular weight is 249 g/mol. The second-order valence-corrected chi connectivity index (χ2v) is 6.31. The first-order chi connectivity index (χ1) is 8.35. The Morgan fingerprint density at radius 1 is 1.33 bits per heavy atom. The minimum atomic E-state index is -0.614. The molecule has 1 aromatic carbocycles. The summed E-state index contributed by atoms with van der Waals surface area (Å²) in [6.45, 7) is 6.81. The number of benzene rings is 1. The van der Waals surface area contributed by atoms with Gasteiger partial charge < -0.3 is 5.32 Å². The summed E-state index contributed by atoms with van der Waals surface area (Å²) in [4.78, 5) is 12.2. The Morgan fingerprint density at radius 3 is 2.44 bits per heavy atom. The molecule has 1 aromatic rings. The van der Waals surface area contributed by atoms with Crippen LogP contribution >= 0.6 is 0 Å². The number of amides is 1. The maximum Gasteiger partial charge on any atom is 0.230 e. The minimum absolute atomic E-state index is 0.0393. The van der Waals surface area contributed by atoms with E-state index in [0.29, 0.717) is 12.1 Å². The highest BCUT2D eigenvalue weighted by Crippen LogP contribution is 2.49. The van der Waals surface area contributed by atoms with Crippen molar-refractivity contribution in [3.05, 3.63) is 35.6 Å². The molecule has 1 N–H and O–H groups in total. The van der Waals surface area contributed by atoms with E-state index in [1.165, 1.54) is 6.07 Å². The molecule has 0 bridgehead atoms. The Kier molecular flexibility index (Phi) is 3.18. The zero-order chi connectivity index (χ0) is 13.4. The normalized spacial score (nSPS) is 17.3. The molecule has 0 radical (unpaired) electrons. The summed E-state index contributed by atoms with van der Waals surface area (Å²) in [5.41, 5.74) is -0.0335. The van der Waals surface area contributed by atoms with Gasteiger partial charge in [0.15, 0.2) is 0 Å². The van der Waals surface area contributed by atoms with Crippen LogP contribution in [-0.4, -0.2) is 12.5 Å². The molecule has 2 nitrogen and oxygen atoms in total. The Hall–Kier alpha value is -1.38. The molecule has 18 heavy (non-hydrogen) atoms. The number of halogens is 1. The maximum atomic E-state index is 13.8. The SMILES string of the molecule is CC(C)(C)CNC(=O)C1(c2ccccc2F)CC1. The molecular weight excluding hydrogens is 229 g/mol. The fourth-order valence-corrected chi connectivity index (χ4v) is 2.11. The zero-order valence-corrected chi connectivity index (χ0v) is 11.2. The highest BCUT2D eigenvalue weighted by Gasteiger charge is 2.52. The summed E-state index contributed by atoms with van der Waals surface area (Å²) < 4.78 is 13.8. The van der Waals surface area contributed by atoms with Gasteiger partial charge >= 0.3 is 0 Å². The lowest BCUT2D eigenvalue weighted by atomic mass is 9.92. The number of hydrogen-bond donors (Lipinski definition) is 1. The van der Waals surface area contributed by atoms with Crippen LogP contribution in [0.15, 0.2) is 24.3 Å². The predicted octanol–water partition coefficient (Wildman–Crippen LogP) is 3.02. The van der Waals surface area contributed by atoms with Crippen LogP contribution in [0.2, 0.25) is 0 Å². The average Bonchev–Trinajstić information content (AvgIpc) is 3.07. The van der Waals surface area contributed by atoms with Crippen molar-refractivity contribution in [3.63, 3.8) is 0 Å². The third-order valence-corrected chi connectivity index (χ3v) is 3.35. The van der Waals surface area contributed by atoms with Crippen molar-refractivity contribution in [1.82, 2.24) is 5.32 Å². The predicted molar refractivity (Wildman–Crippen MR) is 69.8 cm³/mol. The smallest absolute Gasteiger partial charge is 0.230 e. The van der Waals surface area contributed by atoms with Gasteiger partial charge in [-0.05, 0) is 24.3 Å². The van der Waals surface area contributed by atoms with E-state index >= 15 is 0 Å². The van der Waals surface area contributed by atoms with Crippen molar-refractivity contribution in [1.29, 1.82) is 0 Å². The van der Waals surface area contributed by atoms with Crippen LogP contribution in [0, 0.1) is 11.2 Å². The molecule has 0 aliphatic heterocycles. The lowest BCUT2D eigenvalue weighted by molar-refractivity contribution is -0.124. The summed E-state index contributed by atoms with van der Waals surface area (Å²) in [6.07, 6.45) is 1.48. The molecular formula is C15H20FNO. The molecule has 0 heterocycles. The summed E-state index contributed by atoms with van der Waals surface area (Å²) in [5, 5.41) is 2.95. The van der Waals surface area contributed by atoms with Crippen LogP contribution in [-0.2, 0) is 10.2 Å². The van der Waals surface area contributed by atoms with E-state index in [-0.39, 0.29) is 17.1 Å². The van der Waals surface area contributed by atoms with Gasteiger partial charge in [0.1, 0.15) is 5.82 Å². The standard InChI is InChI=1S/C15H20FNO/c1-14(2,3)10-17-13(18)15(8-9-15)11-6-4-5-7-12(11)16/h4-7H,8-10H2,1-3H3,(H,17,18). The van der Waals surface area contributed by atoms with E-state index in [1.54, 1.807) is 18.2 Å². The van der Waals surface area contributed by atoms with Gasteiger partial charge in [0.2, 0.25) is 5.91 Å². The summed E-state index contributed by atoms with van der Waals surface area (Å²) >= 11 is 0. The Morgan fingerprint density at radius 2 is 1.94 bits per heavy atom. The van der Waals surface area contributed by atoms with Crippen molar-refractivity contribution >= 4 is 5.91 Å². The van der Waals surface area contributed by atoms with Gasteiger partial charge in [-0.25, -0.2) is 4.39 Å². The van der Waals surface area contributed by atoms with E-state index in [4.69, 9.17) is 0 Å². The first-order valence-electron chi connectivity index (χ1n) is 6.38. The zero-order valence-electron chi connectivity index (χ0n) is 11.2. The first-order valence-corrected chi connectivity index (χ1v) is 6.38. The second kappa shape index (κ2) is 4.38. The molecule has 0 spiro atoms. The quantitative estimate of drug-likeness (QED) is 0.876. The molecule has 1 aliphatic rings. The van der Waals surface area contributed by atoms with E-state index in [1.807, 2.05) is 0 Å². The maximum absolute atomic E-state index is 13.8. The van der Waals surface area contributed by atoms with Gasteiger partial charge in [-0.2, -0.15) is 0 Å². The van der Waals surface area contributed by atoms with Crippen LogP contribution in [0.1, 0.15) is 39.2 Å². The van der Waals surface area contributed by atoms with E-state index in [0.717, 1.165) is 12.8 Å². The lowest BCUT2D eigenvalue weighted by Crippen LogP contribution is -2.39.